The van der Waals surface area contributed by atoms with Crippen molar-refractivity contribution in [2.24, 2.45) is 0 Å². The van der Waals surface area contributed by atoms with Crippen LogP contribution in [0.25, 0.3) is 12.2 Å². The van der Waals surface area contributed by atoms with Gasteiger partial charge in [-0.1, -0.05) is 34.8 Å². The highest BCUT2D eigenvalue weighted by Gasteiger charge is 1.96. The molecule has 0 spiro atoms. The number of carbonyl (C=O) groups is 2. The maximum atomic E-state index is 10.6. The van der Waals surface area contributed by atoms with Crippen LogP contribution in [0.3, 0.4) is 0 Å². The Morgan fingerprint density at radius 3 is 1.61 bits per heavy atom. The predicted molar refractivity (Wildman–Crippen MR) is 112 cm³/mol. The van der Waals surface area contributed by atoms with Crippen molar-refractivity contribution in [2.45, 2.75) is 0 Å². The highest BCUT2D eigenvalue weighted by molar-refractivity contribution is 7.16. The predicted octanol–water partition coefficient (Wildman–Crippen LogP) is 2.19. The Morgan fingerprint density at radius 2 is 1.32 bits per heavy atom. The van der Waals surface area contributed by atoms with Crippen LogP contribution in [0.5, 0.6) is 0 Å². The molecule has 0 aliphatic carbocycles. The van der Waals surface area contributed by atoms with E-state index in [2.05, 4.69) is 30.1 Å². The number of nitrogens with one attached hydrogen (secondary N) is 2. The summed E-state index contributed by atoms with van der Waals surface area (Å²) in [6.45, 7) is 0.842. The number of anilines is 2. The molecule has 12 heteroatoms. The number of amides is 2. The quantitative estimate of drug-likeness (QED) is 0.548. The first kappa shape index (κ1) is 22.9. The number of hydrogen-bond acceptors (Lipinski definition) is 10. The summed E-state index contributed by atoms with van der Waals surface area (Å²) in [5, 5.41) is 6.09. The molecule has 2 rings (SSSR count). The number of nitrogens with two attached hydrogens (primary N) is 2. The summed E-state index contributed by atoms with van der Waals surface area (Å²) in [4.78, 5) is 30.9. The molecule has 0 aromatic carbocycles. The van der Waals surface area contributed by atoms with Gasteiger partial charge in [-0.2, -0.15) is 0 Å². The first-order valence-electron chi connectivity index (χ1n) is 7.84. The molecule has 0 saturated heterocycles. The second-order valence-electron chi connectivity index (χ2n) is 4.75. The van der Waals surface area contributed by atoms with Crippen molar-refractivity contribution in [3.05, 3.63) is 34.3 Å². The Kier molecular flexibility index (Phi) is 10.7. The molecule has 10 nitrogen and oxygen atoms in total. The van der Waals surface area contributed by atoms with E-state index in [0.717, 1.165) is 9.75 Å². The number of ether oxygens (including phenoxy) is 2. The summed E-state index contributed by atoms with van der Waals surface area (Å²) in [7, 11) is 2.64. The van der Waals surface area contributed by atoms with E-state index in [9.17, 15) is 9.59 Å². The van der Waals surface area contributed by atoms with Gasteiger partial charge in [0, 0.05) is 35.2 Å². The fraction of sp³-hybridized carbons (Fsp3) is 0.250. The summed E-state index contributed by atoms with van der Waals surface area (Å²) in [5.74, 6) is 0. The van der Waals surface area contributed by atoms with Crippen LogP contribution in [0.15, 0.2) is 24.5 Å². The molecule has 28 heavy (non-hydrogen) atoms. The number of hydrogen-bond donors (Lipinski definition) is 4. The van der Waals surface area contributed by atoms with Gasteiger partial charge in [0.1, 0.15) is 0 Å². The molecule has 0 saturated carbocycles. The van der Waals surface area contributed by atoms with Crippen molar-refractivity contribution in [3.63, 3.8) is 0 Å². The average molecular weight is 427 g/mol. The molecule has 0 radical (unpaired) electrons. The standard InChI is InChI=1S/2C8H11N3O2S/c2*1-13-8(12)10-4-2-3-6-5-11-7(9)14-6/h2*2-3,5H,4H2,1H3,(H2,9,11)(H,10,12)/b3-2+;3-2-. The van der Waals surface area contributed by atoms with Crippen molar-refractivity contribution in [2.75, 3.05) is 38.8 Å². The van der Waals surface area contributed by atoms with Crippen LogP contribution in [0.2, 0.25) is 0 Å². The van der Waals surface area contributed by atoms with Crippen molar-refractivity contribution in [1.82, 2.24) is 20.6 Å². The van der Waals surface area contributed by atoms with Gasteiger partial charge in [-0.3, -0.25) is 0 Å². The molecular weight excluding hydrogens is 404 g/mol. The van der Waals surface area contributed by atoms with Crippen molar-refractivity contribution < 1.29 is 19.1 Å². The Hall–Kier alpha value is -3.12. The van der Waals surface area contributed by atoms with Gasteiger partial charge >= 0.3 is 12.2 Å². The van der Waals surface area contributed by atoms with Crippen molar-refractivity contribution in [1.29, 1.82) is 0 Å². The minimum absolute atomic E-state index is 0.421. The third-order valence-corrected chi connectivity index (χ3v) is 4.33. The Bertz CT molecular complexity index is 736. The van der Waals surface area contributed by atoms with Gasteiger partial charge in [0.25, 0.3) is 0 Å². The maximum Gasteiger partial charge on any atom is 0.407 e. The summed E-state index contributed by atoms with van der Waals surface area (Å²) < 4.78 is 8.79. The molecule has 0 fully saturated rings. The fourth-order valence-corrected chi connectivity index (χ4v) is 2.77. The minimum Gasteiger partial charge on any atom is -0.453 e. The second kappa shape index (κ2) is 13.1. The minimum atomic E-state index is -0.446. The SMILES string of the molecule is COC(=O)NC/C=C/c1cnc(N)s1.COC(=O)NC/C=C\c1cnc(N)s1. The van der Waals surface area contributed by atoms with Crippen LogP contribution in [0, 0.1) is 0 Å². The topological polar surface area (TPSA) is 154 Å². The summed E-state index contributed by atoms with van der Waals surface area (Å²) in [6, 6.07) is 0. The largest absolute Gasteiger partial charge is 0.453 e. The molecule has 0 bridgehead atoms. The van der Waals surface area contributed by atoms with E-state index in [1.54, 1.807) is 24.5 Å². The lowest BCUT2D eigenvalue weighted by Gasteiger charge is -1.97. The van der Waals surface area contributed by atoms with E-state index in [4.69, 9.17) is 11.5 Å². The molecule has 0 aliphatic rings. The van der Waals surface area contributed by atoms with E-state index in [-0.39, 0.29) is 0 Å². The Morgan fingerprint density at radius 1 is 0.929 bits per heavy atom. The first-order valence-corrected chi connectivity index (χ1v) is 9.47. The van der Waals surface area contributed by atoms with Crippen molar-refractivity contribution >= 4 is 57.3 Å². The van der Waals surface area contributed by atoms with Gasteiger partial charge in [-0.25, -0.2) is 19.6 Å². The lowest BCUT2D eigenvalue weighted by molar-refractivity contribution is 0.171. The second-order valence-corrected chi connectivity index (χ2v) is 6.94. The van der Waals surface area contributed by atoms with Crippen LogP contribution >= 0.6 is 22.7 Å². The summed E-state index contributed by atoms with van der Waals surface area (Å²) in [6.07, 6.45) is 9.72. The van der Waals surface area contributed by atoms with Gasteiger partial charge in [-0.05, 0) is 12.2 Å². The van der Waals surface area contributed by atoms with Gasteiger partial charge in [0.15, 0.2) is 10.3 Å². The highest BCUT2D eigenvalue weighted by Crippen LogP contribution is 2.15. The van der Waals surface area contributed by atoms with Crippen LogP contribution < -0.4 is 22.1 Å². The van der Waals surface area contributed by atoms with Gasteiger partial charge in [-0.15, -0.1) is 0 Å². The molecule has 0 atom stereocenters. The summed E-state index contributed by atoms with van der Waals surface area (Å²) >= 11 is 2.78. The molecule has 152 valence electrons. The molecule has 2 amide bonds. The maximum absolute atomic E-state index is 10.6. The monoisotopic (exact) mass is 426 g/mol. The van der Waals surface area contributed by atoms with Crippen LogP contribution in [-0.4, -0.2) is 49.5 Å². The number of thiazole rings is 2. The zero-order valence-electron chi connectivity index (χ0n) is 15.4. The van der Waals surface area contributed by atoms with Gasteiger partial charge in [0.2, 0.25) is 0 Å². The van der Waals surface area contributed by atoms with Crippen LogP contribution in [-0.2, 0) is 9.47 Å². The lowest BCUT2D eigenvalue weighted by atomic mass is 10.4. The number of carbonyl (C=O) groups excluding carboxylic acids is 2. The number of methoxy groups -OCH3 is 2. The molecule has 6 N–H and O–H groups in total. The average Bonchev–Trinajstić information content (AvgIpc) is 3.30. The Labute approximate surface area is 170 Å². The van der Waals surface area contributed by atoms with E-state index in [1.165, 1.54) is 36.9 Å². The third-order valence-electron chi connectivity index (χ3n) is 2.75. The van der Waals surface area contributed by atoms with E-state index in [0.29, 0.717) is 23.4 Å². The first-order chi connectivity index (χ1) is 13.4. The lowest BCUT2D eigenvalue weighted by Crippen LogP contribution is -2.22. The fourth-order valence-electron chi connectivity index (χ4n) is 1.53. The van der Waals surface area contributed by atoms with Crippen LogP contribution in [0.4, 0.5) is 19.9 Å². The molecular formula is C16H22N6O4S2. The van der Waals surface area contributed by atoms with Gasteiger partial charge < -0.3 is 31.6 Å². The number of alkyl carbamates (subject to hydrolysis) is 2. The Balaban J connectivity index is 0.000000280. The molecule has 0 unspecified atom stereocenters. The van der Waals surface area contributed by atoms with E-state index >= 15 is 0 Å². The molecule has 2 aromatic heterocycles. The van der Waals surface area contributed by atoms with E-state index in [1.807, 2.05) is 12.2 Å². The van der Waals surface area contributed by atoms with Crippen molar-refractivity contribution in [3.8, 4) is 0 Å². The molecule has 2 aromatic rings. The molecule has 0 aliphatic heterocycles. The van der Waals surface area contributed by atoms with E-state index < -0.39 is 12.2 Å². The number of nitrogens with zero attached hydrogens (tertiary/aromatic N) is 2. The highest BCUT2D eigenvalue weighted by atomic mass is 32.1. The number of rotatable bonds is 6. The zero-order chi connectivity index (χ0) is 20.8. The van der Waals surface area contributed by atoms with Crippen LogP contribution in [0.1, 0.15) is 9.75 Å². The number of nitrogen functional groups attached to an aromatic ring is 2. The van der Waals surface area contributed by atoms with Gasteiger partial charge in [0.05, 0.1) is 14.2 Å². The zero-order valence-corrected chi connectivity index (χ0v) is 17.0. The normalized spacial score (nSPS) is 10.4. The number of aromatic nitrogens is 2. The molecule has 2 heterocycles. The smallest absolute Gasteiger partial charge is 0.407 e. The summed E-state index contributed by atoms with van der Waals surface area (Å²) in [5.41, 5.74) is 10.9. The third kappa shape index (κ3) is 10.1.